The molecule has 1 aliphatic heterocycles. The molecular weight excluding hydrogens is 192 g/mol. The largest absolute Gasteiger partial charge is 0.481 e. The predicted octanol–water partition coefficient (Wildman–Crippen LogP) is -0.563. The van der Waals surface area contributed by atoms with E-state index in [9.17, 15) is 4.79 Å². The van der Waals surface area contributed by atoms with Gasteiger partial charge in [0.15, 0.2) is 0 Å². The second-order valence-corrected chi connectivity index (χ2v) is 2.20. The van der Waals surface area contributed by atoms with E-state index in [1.807, 2.05) is 5.43 Å². The summed E-state index contributed by atoms with van der Waals surface area (Å²) in [4.78, 5) is 10.3. The molecule has 1 aliphatic rings. The number of nitrogens with zero attached hydrogens (tertiary/aromatic N) is 2. The van der Waals surface area contributed by atoms with Gasteiger partial charge in [-0.3, -0.25) is 0 Å². The van der Waals surface area contributed by atoms with Crippen LogP contribution in [0, 0.1) is 0 Å². The summed E-state index contributed by atoms with van der Waals surface area (Å²) < 4.78 is 9.66. The first-order valence-corrected chi connectivity index (χ1v) is 3.60. The van der Waals surface area contributed by atoms with Crippen LogP contribution in [0.3, 0.4) is 0 Å². The van der Waals surface area contributed by atoms with E-state index in [1.165, 1.54) is 20.3 Å². The molecule has 0 unspecified atom stereocenters. The van der Waals surface area contributed by atoms with Crippen molar-refractivity contribution >= 4 is 12.0 Å². The third-order valence-corrected chi connectivity index (χ3v) is 1.30. The lowest BCUT2D eigenvalue weighted by molar-refractivity contribution is 0.0776. The maximum Gasteiger partial charge on any atom is 0.426 e. The van der Waals surface area contributed by atoms with Gasteiger partial charge in [0.1, 0.15) is 0 Å². The second kappa shape index (κ2) is 4.21. The van der Waals surface area contributed by atoms with E-state index < -0.39 is 6.09 Å². The van der Waals surface area contributed by atoms with Gasteiger partial charge >= 0.3 is 6.09 Å². The van der Waals surface area contributed by atoms with Gasteiger partial charge < -0.3 is 14.6 Å². The molecule has 8 nitrogen and oxygen atoms in total. The van der Waals surface area contributed by atoms with Crippen molar-refractivity contribution in [3.8, 4) is 0 Å². The van der Waals surface area contributed by atoms with E-state index >= 15 is 0 Å². The zero-order valence-corrected chi connectivity index (χ0v) is 7.64. The molecule has 0 atom stereocenters. The molecule has 0 saturated carbocycles. The molecule has 0 aliphatic carbocycles. The van der Waals surface area contributed by atoms with Crippen molar-refractivity contribution in [1.82, 2.24) is 16.1 Å². The van der Waals surface area contributed by atoms with E-state index in [-0.39, 0.29) is 5.90 Å². The Morgan fingerprint density at radius 3 is 2.86 bits per heavy atom. The van der Waals surface area contributed by atoms with Crippen LogP contribution < -0.4 is 10.9 Å². The highest BCUT2D eigenvalue weighted by Crippen LogP contribution is 2.01. The summed E-state index contributed by atoms with van der Waals surface area (Å²) in [5.74, 6) is 0.528. The lowest BCUT2D eigenvalue weighted by Gasteiger charge is -2.23. The van der Waals surface area contributed by atoms with Gasteiger partial charge in [-0.1, -0.05) is 10.3 Å². The molecule has 0 aromatic rings. The normalized spacial score (nSPS) is 14.9. The van der Waals surface area contributed by atoms with Crippen molar-refractivity contribution in [2.24, 2.45) is 5.10 Å². The van der Waals surface area contributed by atoms with Crippen LogP contribution in [0.2, 0.25) is 0 Å². The Hall–Kier alpha value is -2.12. The molecule has 8 heteroatoms. The molecule has 1 rings (SSSR count). The van der Waals surface area contributed by atoms with Crippen molar-refractivity contribution in [3.63, 3.8) is 0 Å². The number of rotatable bonds is 2. The number of nitrogens with one attached hydrogen (secondary N) is 2. The van der Waals surface area contributed by atoms with Crippen molar-refractivity contribution < 1.29 is 19.4 Å². The van der Waals surface area contributed by atoms with E-state index in [4.69, 9.17) is 14.6 Å². The first-order chi connectivity index (χ1) is 6.65. The molecule has 14 heavy (non-hydrogen) atoms. The number of hydrazine groups is 2. The molecule has 0 spiro atoms. The van der Waals surface area contributed by atoms with Gasteiger partial charge in [-0.25, -0.2) is 10.2 Å². The molecule has 1 heterocycles. The summed E-state index contributed by atoms with van der Waals surface area (Å²) in [6, 6.07) is 0. The Bertz CT molecular complexity index is 288. The number of hydrogen-bond donors (Lipinski definition) is 3. The smallest absolute Gasteiger partial charge is 0.426 e. The van der Waals surface area contributed by atoms with Crippen LogP contribution in [0.4, 0.5) is 4.79 Å². The summed E-state index contributed by atoms with van der Waals surface area (Å²) in [5, 5.41) is 13.0. The lowest BCUT2D eigenvalue weighted by atomic mass is 10.5. The van der Waals surface area contributed by atoms with Gasteiger partial charge in [0.05, 0.1) is 20.3 Å². The number of methoxy groups -OCH3 is 2. The van der Waals surface area contributed by atoms with Crippen molar-refractivity contribution in [3.05, 3.63) is 12.0 Å². The molecule has 0 aromatic carbocycles. The van der Waals surface area contributed by atoms with Gasteiger partial charge in [-0.2, -0.15) is 5.43 Å². The summed E-state index contributed by atoms with van der Waals surface area (Å²) in [5.41, 5.74) is 4.47. The zero-order valence-electron chi connectivity index (χ0n) is 7.64. The van der Waals surface area contributed by atoms with Crippen LogP contribution in [-0.2, 0) is 9.47 Å². The van der Waals surface area contributed by atoms with Crippen LogP contribution >= 0.6 is 0 Å². The Labute approximate surface area is 79.7 Å². The van der Waals surface area contributed by atoms with E-state index in [2.05, 4.69) is 10.5 Å². The van der Waals surface area contributed by atoms with Gasteiger partial charge in [0.2, 0.25) is 11.8 Å². The topological polar surface area (TPSA) is 95.4 Å². The first-order valence-electron chi connectivity index (χ1n) is 3.60. The third-order valence-electron chi connectivity index (χ3n) is 1.30. The maximum atomic E-state index is 10.3. The van der Waals surface area contributed by atoms with Crippen LogP contribution in [0.5, 0.6) is 0 Å². The van der Waals surface area contributed by atoms with Gasteiger partial charge in [-0.05, 0) is 0 Å². The average molecular weight is 202 g/mol. The minimum Gasteiger partial charge on any atom is -0.481 e. The highest BCUT2D eigenvalue weighted by molar-refractivity contribution is 5.88. The highest BCUT2D eigenvalue weighted by Gasteiger charge is 2.14. The summed E-state index contributed by atoms with van der Waals surface area (Å²) in [6.07, 6.45) is 0.217. The Morgan fingerprint density at radius 2 is 2.36 bits per heavy atom. The number of hydrogen-bond acceptors (Lipinski definition) is 6. The van der Waals surface area contributed by atoms with Crippen molar-refractivity contribution in [2.45, 2.75) is 0 Å². The highest BCUT2D eigenvalue weighted by atomic mass is 16.5. The number of carbonyl (C=O) groups is 1. The van der Waals surface area contributed by atoms with E-state index in [1.54, 1.807) is 0 Å². The number of ether oxygens (including phenoxy) is 2. The molecule has 0 aromatic heterocycles. The van der Waals surface area contributed by atoms with Gasteiger partial charge in [0, 0.05) is 0 Å². The Morgan fingerprint density at radius 1 is 1.64 bits per heavy atom. The van der Waals surface area contributed by atoms with Crippen molar-refractivity contribution in [1.29, 1.82) is 0 Å². The Balaban J connectivity index is 2.70. The maximum absolute atomic E-state index is 10.3. The summed E-state index contributed by atoms with van der Waals surface area (Å²) in [7, 11) is 2.84. The number of hydrazone groups is 1. The second-order valence-electron chi connectivity index (χ2n) is 2.20. The predicted molar refractivity (Wildman–Crippen MR) is 45.7 cm³/mol. The Kier molecular flexibility index (Phi) is 3.00. The fourth-order valence-corrected chi connectivity index (χ4v) is 0.749. The standard InChI is InChI=1S/C6H10N4O4/c1-13-4-3-5(14-2)8-10(7-4)9-6(11)12/h3,7,9H,1-2H3,(H,11,12). The third kappa shape index (κ3) is 2.44. The van der Waals surface area contributed by atoms with Gasteiger partial charge in [-0.15, -0.1) is 0 Å². The van der Waals surface area contributed by atoms with Crippen molar-refractivity contribution in [2.75, 3.05) is 14.2 Å². The number of carboxylic acid groups (broad SMARTS) is 1. The molecule has 0 saturated heterocycles. The first kappa shape index (κ1) is 9.96. The molecule has 1 amide bonds. The SMILES string of the molecule is COC1=CC(OC)=NN(NC(=O)O)N1. The van der Waals surface area contributed by atoms with E-state index in [0.29, 0.717) is 5.88 Å². The average Bonchev–Trinajstić information content (AvgIpc) is 2.16. The zero-order chi connectivity index (χ0) is 10.6. The fourth-order valence-electron chi connectivity index (χ4n) is 0.749. The molecule has 0 fully saturated rings. The summed E-state index contributed by atoms with van der Waals surface area (Å²) in [6.45, 7) is 0. The molecule has 3 N–H and O–H groups in total. The lowest BCUT2D eigenvalue weighted by Crippen LogP contribution is -2.49. The molecule has 0 bridgehead atoms. The quantitative estimate of drug-likeness (QED) is 0.555. The van der Waals surface area contributed by atoms with E-state index in [0.717, 1.165) is 5.23 Å². The van der Waals surface area contributed by atoms with Gasteiger partial charge in [0.25, 0.3) is 0 Å². The van der Waals surface area contributed by atoms with Crippen LogP contribution in [0.1, 0.15) is 0 Å². The van der Waals surface area contributed by atoms with Crippen LogP contribution in [-0.4, -0.2) is 36.5 Å². The molecule has 78 valence electrons. The number of amides is 1. The summed E-state index contributed by atoms with van der Waals surface area (Å²) >= 11 is 0. The monoisotopic (exact) mass is 202 g/mol. The molecular formula is C6H10N4O4. The minimum atomic E-state index is -1.26. The minimum absolute atomic E-state index is 0.217. The van der Waals surface area contributed by atoms with Crippen LogP contribution in [0.15, 0.2) is 17.1 Å². The fraction of sp³-hybridized carbons (Fsp3) is 0.333. The molecule has 0 radical (unpaired) electrons. The van der Waals surface area contributed by atoms with Crippen LogP contribution in [0.25, 0.3) is 0 Å².